The summed E-state index contributed by atoms with van der Waals surface area (Å²) in [6.45, 7) is 3.43. The summed E-state index contributed by atoms with van der Waals surface area (Å²) in [6, 6.07) is 15.6. The van der Waals surface area contributed by atoms with Gasteiger partial charge in [0.25, 0.3) is 5.91 Å². The van der Waals surface area contributed by atoms with Crippen LogP contribution in [0, 0.1) is 0 Å². The molecular formula is C20H21N5O2. The van der Waals surface area contributed by atoms with E-state index in [2.05, 4.69) is 32.3 Å². The number of furan rings is 1. The first-order valence-corrected chi connectivity index (χ1v) is 8.97. The Morgan fingerprint density at radius 2 is 1.85 bits per heavy atom. The molecule has 0 aliphatic carbocycles. The average Bonchev–Trinajstić information content (AvgIpc) is 3.28. The van der Waals surface area contributed by atoms with Crippen molar-refractivity contribution < 1.29 is 9.21 Å². The number of rotatable bonds is 5. The van der Waals surface area contributed by atoms with Gasteiger partial charge in [0.2, 0.25) is 0 Å². The quantitative estimate of drug-likeness (QED) is 0.751. The summed E-state index contributed by atoms with van der Waals surface area (Å²) in [5.74, 6) is 1.98. The topological polar surface area (TPSA) is 74.5 Å². The van der Waals surface area contributed by atoms with Crippen LogP contribution in [0.1, 0.15) is 16.1 Å². The van der Waals surface area contributed by atoms with Crippen molar-refractivity contribution in [1.82, 2.24) is 14.9 Å². The zero-order valence-electron chi connectivity index (χ0n) is 14.9. The number of amides is 1. The van der Waals surface area contributed by atoms with Crippen LogP contribution >= 0.6 is 0 Å². The third-order valence-electron chi connectivity index (χ3n) is 4.59. The van der Waals surface area contributed by atoms with Crippen LogP contribution in [0.5, 0.6) is 0 Å². The molecule has 0 radical (unpaired) electrons. The molecule has 1 aliphatic heterocycles. The van der Waals surface area contributed by atoms with Gasteiger partial charge in [0.05, 0.1) is 6.26 Å². The van der Waals surface area contributed by atoms with Crippen molar-refractivity contribution in [2.45, 2.75) is 6.54 Å². The van der Waals surface area contributed by atoms with Crippen molar-refractivity contribution in [1.29, 1.82) is 0 Å². The van der Waals surface area contributed by atoms with Gasteiger partial charge in [-0.3, -0.25) is 4.79 Å². The predicted molar refractivity (Wildman–Crippen MR) is 103 cm³/mol. The van der Waals surface area contributed by atoms with Gasteiger partial charge in [-0.25, -0.2) is 9.97 Å². The van der Waals surface area contributed by atoms with Crippen molar-refractivity contribution in [3.8, 4) is 0 Å². The lowest BCUT2D eigenvalue weighted by Gasteiger charge is -2.35. The number of carbonyl (C=O) groups is 1. The lowest BCUT2D eigenvalue weighted by atomic mass is 10.2. The van der Waals surface area contributed by atoms with Crippen LogP contribution in [-0.4, -0.2) is 47.0 Å². The monoisotopic (exact) mass is 363 g/mol. The highest BCUT2D eigenvalue weighted by Crippen LogP contribution is 2.18. The highest BCUT2D eigenvalue weighted by molar-refractivity contribution is 5.91. The van der Waals surface area contributed by atoms with Crippen LogP contribution in [0.25, 0.3) is 0 Å². The van der Waals surface area contributed by atoms with E-state index in [0.29, 0.717) is 25.4 Å². The minimum Gasteiger partial charge on any atom is -0.459 e. The normalized spacial score (nSPS) is 14.2. The van der Waals surface area contributed by atoms with Gasteiger partial charge < -0.3 is 19.5 Å². The van der Waals surface area contributed by atoms with E-state index in [1.165, 1.54) is 11.8 Å². The van der Waals surface area contributed by atoms with E-state index in [-0.39, 0.29) is 5.91 Å². The Morgan fingerprint density at radius 3 is 2.59 bits per heavy atom. The summed E-state index contributed by atoms with van der Waals surface area (Å²) >= 11 is 0. The SMILES string of the molecule is O=C(c1ccco1)N1CCN(c2cc(NCc3ccccc3)ncn2)CC1. The third kappa shape index (κ3) is 4.08. The second kappa shape index (κ2) is 7.90. The van der Waals surface area contributed by atoms with E-state index >= 15 is 0 Å². The fourth-order valence-corrected chi connectivity index (χ4v) is 3.10. The number of hydrogen-bond donors (Lipinski definition) is 1. The Balaban J connectivity index is 1.35. The van der Waals surface area contributed by atoms with Gasteiger partial charge in [-0.2, -0.15) is 0 Å². The van der Waals surface area contributed by atoms with Crippen LogP contribution in [-0.2, 0) is 6.54 Å². The molecule has 4 rings (SSSR count). The molecule has 138 valence electrons. The highest BCUT2D eigenvalue weighted by atomic mass is 16.3. The number of benzene rings is 1. The Morgan fingerprint density at radius 1 is 1.04 bits per heavy atom. The lowest BCUT2D eigenvalue weighted by molar-refractivity contribution is 0.0714. The van der Waals surface area contributed by atoms with E-state index in [4.69, 9.17) is 4.42 Å². The molecule has 7 nitrogen and oxygen atoms in total. The fraction of sp³-hybridized carbons (Fsp3) is 0.250. The molecule has 0 saturated carbocycles. The molecule has 3 heterocycles. The van der Waals surface area contributed by atoms with E-state index in [0.717, 1.165) is 24.7 Å². The van der Waals surface area contributed by atoms with Crippen LogP contribution in [0.4, 0.5) is 11.6 Å². The first-order valence-electron chi connectivity index (χ1n) is 8.97. The second-order valence-corrected chi connectivity index (χ2v) is 6.36. The van der Waals surface area contributed by atoms with Crippen molar-refractivity contribution in [2.24, 2.45) is 0 Å². The van der Waals surface area contributed by atoms with Gasteiger partial charge in [-0.15, -0.1) is 0 Å². The molecule has 1 saturated heterocycles. The number of aromatic nitrogens is 2. The maximum atomic E-state index is 12.4. The average molecular weight is 363 g/mol. The first kappa shape index (κ1) is 17.1. The Labute approximate surface area is 157 Å². The maximum Gasteiger partial charge on any atom is 0.289 e. The third-order valence-corrected chi connectivity index (χ3v) is 4.59. The van der Waals surface area contributed by atoms with Crippen LogP contribution in [0.3, 0.4) is 0 Å². The molecule has 1 aliphatic rings. The second-order valence-electron chi connectivity index (χ2n) is 6.36. The summed E-state index contributed by atoms with van der Waals surface area (Å²) in [6.07, 6.45) is 3.09. The van der Waals surface area contributed by atoms with Crippen molar-refractivity contribution >= 4 is 17.5 Å². The molecule has 0 atom stereocenters. The molecule has 0 unspecified atom stereocenters. The highest BCUT2D eigenvalue weighted by Gasteiger charge is 2.24. The predicted octanol–water partition coefficient (Wildman–Crippen LogP) is 2.64. The van der Waals surface area contributed by atoms with Crippen molar-refractivity contribution in [3.05, 3.63) is 72.4 Å². The minimum atomic E-state index is -0.0624. The summed E-state index contributed by atoms with van der Waals surface area (Å²) in [7, 11) is 0. The van der Waals surface area contributed by atoms with E-state index in [1.807, 2.05) is 29.2 Å². The zero-order valence-corrected chi connectivity index (χ0v) is 14.9. The van der Waals surface area contributed by atoms with Crippen LogP contribution in [0.15, 0.2) is 65.5 Å². The first-order chi connectivity index (χ1) is 13.3. The molecule has 1 aromatic carbocycles. The number of piperazine rings is 1. The molecule has 1 N–H and O–H groups in total. The summed E-state index contributed by atoms with van der Waals surface area (Å²) in [4.78, 5) is 25.0. The van der Waals surface area contributed by atoms with E-state index in [9.17, 15) is 4.79 Å². The molecule has 2 aromatic heterocycles. The van der Waals surface area contributed by atoms with Crippen molar-refractivity contribution in [3.63, 3.8) is 0 Å². The molecule has 7 heteroatoms. The van der Waals surface area contributed by atoms with Crippen LogP contribution in [0.2, 0.25) is 0 Å². The molecule has 0 bridgehead atoms. The molecule has 1 fully saturated rings. The molecule has 27 heavy (non-hydrogen) atoms. The number of carbonyl (C=O) groups excluding carboxylic acids is 1. The zero-order chi connectivity index (χ0) is 18.5. The number of hydrogen-bond acceptors (Lipinski definition) is 6. The fourth-order valence-electron chi connectivity index (χ4n) is 3.10. The Hall–Kier alpha value is -3.35. The number of anilines is 2. The maximum absolute atomic E-state index is 12.4. The largest absolute Gasteiger partial charge is 0.459 e. The van der Waals surface area contributed by atoms with Crippen molar-refractivity contribution in [2.75, 3.05) is 36.4 Å². The number of nitrogens with one attached hydrogen (secondary N) is 1. The van der Waals surface area contributed by atoms with Gasteiger partial charge >= 0.3 is 0 Å². The Bertz CT molecular complexity index is 874. The minimum absolute atomic E-state index is 0.0624. The molecule has 1 amide bonds. The summed E-state index contributed by atoms with van der Waals surface area (Å²) < 4.78 is 5.21. The summed E-state index contributed by atoms with van der Waals surface area (Å²) in [5.41, 5.74) is 1.20. The van der Waals surface area contributed by atoms with Crippen LogP contribution < -0.4 is 10.2 Å². The van der Waals surface area contributed by atoms with Gasteiger partial charge in [-0.1, -0.05) is 30.3 Å². The van der Waals surface area contributed by atoms with E-state index < -0.39 is 0 Å². The van der Waals surface area contributed by atoms with E-state index in [1.54, 1.807) is 18.5 Å². The standard InChI is InChI=1S/C20H21N5O2/c26-20(17-7-4-12-27-17)25-10-8-24(9-11-25)19-13-18(22-15-23-19)21-14-16-5-2-1-3-6-16/h1-7,12-13,15H,8-11,14H2,(H,21,22,23). The Kier molecular flexibility index (Phi) is 5.00. The van der Waals surface area contributed by atoms with Gasteiger partial charge in [-0.05, 0) is 17.7 Å². The molecule has 0 spiro atoms. The molecular weight excluding hydrogens is 342 g/mol. The molecule has 3 aromatic rings. The van der Waals surface area contributed by atoms with Gasteiger partial charge in [0.15, 0.2) is 5.76 Å². The summed E-state index contributed by atoms with van der Waals surface area (Å²) in [5, 5.41) is 3.33. The lowest BCUT2D eigenvalue weighted by Crippen LogP contribution is -2.49. The van der Waals surface area contributed by atoms with Gasteiger partial charge in [0.1, 0.15) is 18.0 Å². The smallest absolute Gasteiger partial charge is 0.289 e. The number of nitrogens with zero attached hydrogens (tertiary/aromatic N) is 4. The van der Waals surface area contributed by atoms with Gasteiger partial charge in [0, 0.05) is 38.8 Å².